The van der Waals surface area contributed by atoms with E-state index < -0.39 is 36.3 Å². The van der Waals surface area contributed by atoms with Crippen molar-refractivity contribution in [2.75, 3.05) is 24.6 Å². The molecule has 2 saturated heterocycles. The number of aromatic carboxylic acids is 1. The number of halogens is 6. The summed E-state index contributed by atoms with van der Waals surface area (Å²) in [5, 5.41) is 13.2. The number of benzene rings is 2. The molecule has 81 heavy (non-hydrogen) atoms. The summed E-state index contributed by atoms with van der Waals surface area (Å²) in [5.41, 5.74) is 19.2. The van der Waals surface area contributed by atoms with Gasteiger partial charge in [0.25, 0.3) is 5.91 Å². The monoisotopic (exact) mass is 1110 g/mol. The number of likely N-dealkylation sites (tertiary alicyclic amines) is 1. The minimum Gasteiger partial charge on any atom is -0.478 e. The highest BCUT2D eigenvalue weighted by molar-refractivity contribution is 5.96. The Morgan fingerprint density at radius 1 is 0.642 bits per heavy atom. The molecule has 0 unspecified atom stereocenters. The van der Waals surface area contributed by atoms with Crippen LogP contribution in [0.4, 0.5) is 38.0 Å². The van der Waals surface area contributed by atoms with Crippen molar-refractivity contribution in [3.8, 4) is 22.5 Å². The largest absolute Gasteiger partial charge is 0.478 e. The summed E-state index contributed by atoms with van der Waals surface area (Å²) in [5.74, 6) is 0.505. The summed E-state index contributed by atoms with van der Waals surface area (Å²) in [4.78, 5) is 65.9. The molecule has 420 valence electrons. The highest BCUT2D eigenvalue weighted by atomic mass is 19.4. The molecule has 15 nitrogen and oxygen atoms in total. The molecule has 2 aliphatic heterocycles. The van der Waals surface area contributed by atoms with Gasteiger partial charge < -0.3 is 35.6 Å². The lowest BCUT2D eigenvalue weighted by Gasteiger charge is -2.26. The van der Waals surface area contributed by atoms with Crippen molar-refractivity contribution in [1.82, 2.24) is 30.2 Å². The summed E-state index contributed by atoms with van der Waals surface area (Å²) in [6, 6.07) is 21.8. The molecule has 6 N–H and O–H groups in total. The number of pyridine rings is 4. The van der Waals surface area contributed by atoms with Gasteiger partial charge in [-0.1, -0.05) is 0 Å². The molecule has 2 aromatic carbocycles. The van der Waals surface area contributed by atoms with E-state index in [1.54, 1.807) is 60.9 Å². The van der Waals surface area contributed by atoms with Crippen LogP contribution in [0, 0.1) is 13.8 Å². The average Bonchev–Trinajstić information content (AvgIpc) is 4.51. The number of carbonyl (C=O) groups excluding carboxylic acids is 3. The Morgan fingerprint density at radius 2 is 1.15 bits per heavy atom. The van der Waals surface area contributed by atoms with Gasteiger partial charge in [-0.3, -0.25) is 24.4 Å². The van der Waals surface area contributed by atoms with Gasteiger partial charge in [0.2, 0.25) is 0 Å². The van der Waals surface area contributed by atoms with Crippen LogP contribution in [-0.2, 0) is 22.4 Å². The minimum atomic E-state index is -4.45. The second-order valence-electron chi connectivity index (χ2n) is 19.5. The van der Waals surface area contributed by atoms with Crippen LogP contribution in [-0.4, -0.2) is 90.9 Å². The van der Waals surface area contributed by atoms with E-state index in [4.69, 9.17) is 25.4 Å². The maximum atomic E-state index is 13.3. The number of aryl methyl sites for hydroxylation is 4. The van der Waals surface area contributed by atoms with Crippen LogP contribution >= 0.6 is 0 Å². The number of allylic oxidation sites excluding steroid dienone is 2. The maximum absolute atomic E-state index is 13.3. The summed E-state index contributed by atoms with van der Waals surface area (Å²) >= 11 is 0. The Bertz CT molecular complexity index is 3590. The van der Waals surface area contributed by atoms with Crippen molar-refractivity contribution < 1.29 is 59.5 Å². The molecule has 6 aromatic heterocycles. The number of nitrogens with zero attached hydrogens (tertiary/aromatic N) is 5. The highest BCUT2D eigenvalue weighted by Gasteiger charge is 2.48. The molecule has 0 bridgehead atoms. The van der Waals surface area contributed by atoms with Crippen LogP contribution in [0.15, 0.2) is 131 Å². The summed E-state index contributed by atoms with van der Waals surface area (Å²) in [6.07, 6.45) is 6.46. The Kier molecular flexibility index (Phi) is 18.3. The number of carbonyl (C=O) groups is 4. The zero-order valence-electron chi connectivity index (χ0n) is 44.0. The minimum absolute atomic E-state index is 0.0117. The SMILES string of the molecule is Cc1cc(-c2ccc(C(=O)N3CCC[C@H]3C(F)(F)F)cn2)cc2cc(CCC(=O)/C=C/c3ccc(N)nc3)oc12.Cc1cc(-c2ccc(C(=O)O)cn2)cc2cc(CCC(=O)/C=C/c3ccc(N)nc3)oc12.FC(F)(F)[C@@H]1CCCN1. The maximum Gasteiger partial charge on any atom is 0.408 e. The normalized spacial score (nSPS) is 15.5. The molecule has 2 fully saturated rings. The second kappa shape index (κ2) is 25.4. The number of aromatic nitrogens is 4. The number of hydrogen-bond acceptors (Lipinski definition) is 13. The van der Waals surface area contributed by atoms with Crippen LogP contribution < -0.4 is 16.8 Å². The van der Waals surface area contributed by atoms with E-state index in [1.807, 2.05) is 50.2 Å². The van der Waals surface area contributed by atoms with E-state index >= 15 is 0 Å². The number of fused-ring (bicyclic) bond motifs is 2. The topological polar surface area (TPSA) is 234 Å². The smallest absolute Gasteiger partial charge is 0.408 e. The lowest BCUT2D eigenvalue weighted by Crippen LogP contribution is -2.44. The van der Waals surface area contributed by atoms with Gasteiger partial charge in [-0.25, -0.2) is 14.8 Å². The molecule has 0 spiro atoms. The third-order valence-corrected chi connectivity index (χ3v) is 13.4. The van der Waals surface area contributed by atoms with Gasteiger partial charge in [-0.05, 0) is 178 Å². The quantitative estimate of drug-likeness (QED) is 0.0586. The van der Waals surface area contributed by atoms with E-state index in [0.717, 1.165) is 60.4 Å². The van der Waals surface area contributed by atoms with Crippen molar-refractivity contribution in [1.29, 1.82) is 0 Å². The zero-order chi connectivity index (χ0) is 58.0. The highest BCUT2D eigenvalue weighted by Crippen LogP contribution is 2.35. The number of amides is 1. The number of nitrogens with two attached hydrogens (primary N) is 2. The van der Waals surface area contributed by atoms with Crippen LogP contribution in [0.25, 0.3) is 56.6 Å². The van der Waals surface area contributed by atoms with Gasteiger partial charge in [0.05, 0.1) is 22.5 Å². The molecule has 2 aliphatic rings. The number of nitrogen functional groups attached to an aromatic ring is 2. The number of rotatable bonds is 14. The molecule has 1 amide bonds. The second-order valence-corrected chi connectivity index (χ2v) is 19.5. The van der Waals surface area contributed by atoms with Gasteiger partial charge in [-0.15, -0.1) is 0 Å². The first-order valence-electron chi connectivity index (χ1n) is 25.8. The standard InChI is InChI=1S/C30H27F3N4O3.C25H21N3O4.C5H8F3N/c1-18-13-21(25-10-6-20(17-35-25)29(39)37-12-2-3-26(37)30(31,32)33)14-22-15-24(40-28(18)22)9-8-23(38)7-4-19-5-11-27(34)36-16-19;1-15-10-18(22-8-4-17(14-27-22)25(30)31)11-19-12-21(32-24(15)19)7-6-20(29)5-2-16-3-9-23(26)28-13-16;6-5(7,8)4-2-1-3-9-4/h4-7,10-11,13-17,26H,2-3,8-9,12H2,1H3,(H2,34,36);2-5,8-14H,6-7H2,1H3,(H2,26,28)(H,30,31);4,9H,1-3H2/b7-4+;5-2+;/t26-;;4-/m0.0/s1. The number of hydrogen-bond donors (Lipinski definition) is 4. The zero-order valence-corrected chi connectivity index (χ0v) is 44.0. The summed E-state index contributed by atoms with van der Waals surface area (Å²) in [7, 11) is 0. The number of furan rings is 2. The van der Waals surface area contributed by atoms with Crippen LogP contribution in [0.5, 0.6) is 0 Å². The fourth-order valence-electron chi connectivity index (χ4n) is 9.24. The van der Waals surface area contributed by atoms with E-state index in [1.165, 1.54) is 36.7 Å². The van der Waals surface area contributed by atoms with Crippen molar-refractivity contribution in [2.45, 2.75) is 89.7 Å². The van der Waals surface area contributed by atoms with Crippen molar-refractivity contribution in [2.24, 2.45) is 0 Å². The third kappa shape index (κ3) is 15.4. The number of anilines is 2. The average molecular weight is 1120 g/mol. The van der Waals surface area contributed by atoms with Gasteiger partial charge in [0.15, 0.2) is 11.6 Å². The molecular weight excluding hydrogens is 1060 g/mol. The lowest BCUT2D eigenvalue weighted by molar-refractivity contribution is -0.169. The number of carboxylic acids is 1. The molecule has 2 atom stereocenters. The molecule has 21 heteroatoms. The van der Waals surface area contributed by atoms with Gasteiger partial charge in [0.1, 0.15) is 46.4 Å². The molecule has 0 aliphatic carbocycles. The Balaban J connectivity index is 0.000000187. The number of nitrogens with one attached hydrogen (secondary N) is 1. The fraction of sp³-hybridized carbons (Fsp3) is 0.267. The van der Waals surface area contributed by atoms with E-state index in [9.17, 15) is 45.5 Å². The van der Waals surface area contributed by atoms with E-state index in [0.29, 0.717) is 73.0 Å². The van der Waals surface area contributed by atoms with Crippen molar-refractivity contribution >= 4 is 69.2 Å². The van der Waals surface area contributed by atoms with E-state index in [-0.39, 0.29) is 48.5 Å². The fourth-order valence-corrected chi connectivity index (χ4v) is 9.24. The number of alkyl halides is 6. The predicted octanol–water partition coefficient (Wildman–Crippen LogP) is 12.2. The summed E-state index contributed by atoms with van der Waals surface area (Å²) < 4.78 is 86.9. The first-order chi connectivity index (χ1) is 38.6. The van der Waals surface area contributed by atoms with Crippen LogP contribution in [0.2, 0.25) is 0 Å². The molecule has 0 saturated carbocycles. The molecule has 10 rings (SSSR count). The molecule has 8 heterocycles. The molecular formula is C60H56F6N8O7. The van der Waals surface area contributed by atoms with Crippen LogP contribution in [0.3, 0.4) is 0 Å². The molecule has 0 radical (unpaired) electrons. The van der Waals surface area contributed by atoms with Gasteiger partial charge >= 0.3 is 18.3 Å². The number of carboxylic acid groups (broad SMARTS) is 1. The summed E-state index contributed by atoms with van der Waals surface area (Å²) in [6.45, 7) is 4.42. The Labute approximate surface area is 460 Å². The van der Waals surface area contributed by atoms with Gasteiger partial charge in [-0.2, -0.15) is 26.3 Å². The number of ketones is 2. The predicted molar refractivity (Wildman–Crippen MR) is 295 cm³/mol. The molecule has 8 aromatic rings. The van der Waals surface area contributed by atoms with Crippen molar-refractivity contribution in [3.63, 3.8) is 0 Å². The first kappa shape index (κ1) is 58.2. The third-order valence-electron chi connectivity index (χ3n) is 13.4. The van der Waals surface area contributed by atoms with Crippen molar-refractivity contribution in [3.05, 3.63) is 167 Å². The van der Waals surface area contributed by atoms with E-state index in [2.05, 4.69) is 25.3 Å². The van der Waals surface area contributed by atoms with Gasteiger partial charge in [0, 0.05) is 78.9 Å². The first-order valence-corrected chi connectivity index (χ1v) is 25.8. The Morgan fingerprint density at radius 3 is 1.54 bits per heavy atom. The lowest BCUT2D eigenvalue weighted by atomic mass is 10.0. The van der Waals surface area contributed by atoms with Crippen LogP contribution in [0.1, 0.15) is 93.0 Å². The Hall–Kier alpha value is -8.98.